The summed E-state index contributed by atoms with van der Waals surface area (Å²) in [7, 11) is 0. The van der Waals surface area contributed by atoms with Gasteiger partial charge in [-0.25, -0.2) is 4.79 Å². The number of aryl methyl sites for hydroxylation is 1. The minimum atomic E-state index is -1.06. The number of rotatable bonds is 2. The number of ether oxygens (including phenoxy) is 1. The number of para-hydroxylation sites is 1. The highest BCUT2D eigenvalue weighted by atomic mass is 32.1. The van der Waals surface area contributed by atoms with Gasteiger partial charge in [-0.05, 0) is 31.2 Å². The molecule has 5 nitrogen and oxygen atoms in total. The molecule has 0 spiro atoms. The number of benzene rings is 1. The molecular formula is C15H13NO4S. The molecule has 108 valence electrons. The molecule has 0 saturated carbocycles. The van der Waals surface area contributed by atoms with Crippen molar-refractivity contribution in [2.24, 2.45) is 0 Å². The number of anilines is 1. The number of hydrogen-bond acceptors (Lipinski definition) is 4. The molecule has 0 saturated heterocycles. The van der Waals surface area contributed by atoms with E-state index in [2.05, 4.69) is 0 Å². The largest absolute Gasteiger partial charge is 0.489 e. The quantitative estimate of drug-likeness (QED) is 0.926. The topological polar surface area (TPSA) is 66.8 Å². The summed E-state index contributed by atoms with van der Waals surface area (Å²) >= 11 is 1.43. The van der Waals surface area contributed by atoms with E-state index in [1.165, 1.54) is 17.4 Å². The average Bonchev–Trinajstić information content (AvgIpc) is 2.91. The highest BCUT2D eigenvalue weighted by molar-refractivity contribution is 7.14. The summed E-state index contributed by atoms with van der Waals surface area (Å²) in [6.45, 7) is 2.64. The molecule has 1 aliphatic heterocycles. The SMILES string of the molecule is Cc1ccc(C(=O)N2CCOc3c(C(=O)O)cccc32)s1. The van der Waals surface area contributed by atoms with E-state index in [9.17, 15) is 14.7 Å². The van der Waals surface area contributed by atoms with Crippen molar-refractivity contribution >= 4 is 28.9 Å². The van der Waals surface area contributed by atoms with Crippen LogP contribution in [0.4, 0.5) is 5.69 Å². The van der Waals surface area contributed by atoms with Crippen LogP contribution in [0, 0.1) is 6.92 Å². The van der Waals surface area contributed by atoms with Gasteiger partial charge in [-0.2, -0.15) is 0 Å². The summed E-state index contributed by atoms with van der Waals surface area (Å²) in [5.41, 5.74) is 0.588. The van der Waals surface area contributed by atoms with Gasteiger partial charge in [0.25, 0.3) is 5.91 Å². The molecule has 0 aliphatic carbocycles. The molecular weight excluding hydrogens is 290 g/mol. The maximum absolute atomic E-state index is 12.6. The number of amides is 1. The molecule has 0 fully saturated rings. The average molecular weight is 303 g/mol. The van der Waals surface area contributed by atoms with Crippen LogP contribution in [0.5, 0.6) is 5.75 Å². The van der Waals surface area contributed by atoms with Crippen molar-refractivity contribution in [2.75, 3.05) is 18.1 Å². The van der Waals surface area contributed by atoms with Gasteiger partial charge in [-0.1, -0.05) is 6.07 Å². The number of thiophene rings is 1. The van der Waals surface area contributed by atoms with E-state index in [0.29, 0.717) is 17.1 Å². The second-order valence-electron chi connectivity index (χ2n) is 4.67. The van der Waals surface area contributed by atoms with Crippen LogP contribution in [0.15, 0.2) is 30.3 Å². The summed E-state index contributed by atoms with van der Waals surface area (Å²) < 4.78 is 5.47. The highest BCUT2D eigenvalue weighted by Gasteiger charge is 2.28. The zero-order chi connectivity index (χ0) is 15.0. The Morgan fingerprint density at radius 1 is 1.29 bits per heavy atom. The Hall–Kier alpha value is -2.34. The second kappa shape index (κ2) is 5.21. The van der Waals surface area contributed by atoms with E-state index in [1.807, 2.05) is 13.0 Å². The van der Waals surface area contributed by atoms with Gasteiger partial charge in [0, 0.05) is 4.88 Å². The Balaban J connectivity index is 2.03. The molecule has 6 heteroatoms. The predicted molar refractivity (Wildman–Crippen MR) is 79.6 cm³/mol. The molecule has 2 aromatic rings. The highest BCUT2D eigenvalue weighted by Crippen LogP contribution is 2.36. The predicted octanol–water partition coefficient (Wildman–Crippen LogP) is 2.79. The van der Waals surface area contributed by atoms with E-state index < -0.39 is 5.97 Å². The number of carboxylic acids is 1. The molecule has 0 atom stereocenters. The van der Waals surface area contributed by atoms with Gasteiger partial charge < -0.3 is 14.7 Å². The first kappa shape index (κ1) is 13.6. The standard InChI is InChI=1S/C15H13NO4S/c1-9-5-6-12(21-9)14(17)16-7-8-20-13-10(15(18)19)3-2-4-11(13)16/h2-6H,7-8H2,1H3,(H,18,19). The van der Waals surface area contributed by atoms with Crippen molar-refractivity contribution in [3.63, 3.8) is 0 Å². The van der Waals surface area contributed by atoms with Crippen LogP contribution in [0.1, 0.15) is 24.9 Å². The molecule has 0 bridgehead atoms. The third-order valence-corrected chi connectivity index (χ3v) is 4.26. The van der Waals surface area contributed by atoms with Crippen molar-refractivity contribution in [1.82, 2.24) is 0 Å². The van der Waals surface area contributed by atoms with Gasteiger partial charge in [0.15, 0.2) is 5.75 Å². The van der Waals surface area contributed by atoms with E-state index in [-0.39, 0.29) is 23.8 Å². The fraction of sp³-hybridized carbons (Fsp3) is 0.200. The first-order chi connectivity index (χ1) is 10.1. The Morgan fingerprint density at radius 2 is 2.10 bits per heavy atom. The number of hydrogen-bond donors (Lipinski definition) is 1. The number of carboxylic acid groups (broad SMARTS) is 1. The minimum Gasteiger partial charge on any atom is -0.489 e. The maximum atomic E-state index is 12.6. The summed E-state index contributed by atoms with van der Waals surface area (Å²) in [5, 5.41) is 9.20. The Morgan fingerprint density at radius 3 is 2.76 bits per heavy atom. The van der Waals surface area contributed by atoms with Crippen molar-refractivity contribution in [2.45, 2.75) is 6.92 Å². The lowest BCUT2D eigenvalue weighted by molar-refractivity contribution is 0.0690. The normalized spacial score (nSPS) is 13.5. The van der Waals surface area contributed by atoms with E-state index in [1.54, 1.807) is 23.1 Å². The molecule has 1 aliphatic rings. The van der Waals surface area contributed by atoms with Gasteiger partial charge in [-0.15, -0.1) is 11.3 Å². The van der Waals surface area contributed by atoms with Crippen LogP contribution in [0.3, 0.4) is 0 Å². The smallest absolute Gasteiger partial charge is 0.339 e. The van der Waals surface area contributed by atoms with E-state index >= 15 is 0 Å². The molecule has 0 radical (unpaired) electrons. The monoisotopic (exact) mass is 303 g/mol. The second-order valence-corrected chi connectivity index (χ2v) is 5.96. The molecule has 1 aromatic carbocycles. The van der Waals surface area contributed by atoms with Crippen LogP contribution in [-0.2, 0) is 0 Å². The van der Waals surface area contributed by atoms with Gasteiger partial charge >= 0.3 is 5.97 Å². The lowest BCUT2D eigenvalue weighted by Crippen LogP contribution is -2.38. The summed E-state index contributed by atoms with van der Waals surface area (Å²) in [4.78, 5) is 27.1. The Kier molecular flexibility index (Phi) is 3.39. The molecule has 2 heterocycles. The zero-order valence-electron chi connectivity index (χ0n) is 11.3. The number of carbonyl (C=O) groups is 2. The number of fused-ring (bicyclic) bond motifs is 1. The fourth-order valence-electron chi connectivity index (χ4n) is 2.31. The molecule has 3 rings (SSSR count). The van der Waals surface area contributed by atoms with Gasteiger partial charge in [0.05, 0.1) is 17.1 Å². The first-order valence-corrected chi connectivity index (χ1v) is 7.27. The van der Waals surface area contributed by atoms with E-state index in [0.717, 1.165) is 4.88 Å². The van der Waals surface area contributed by atoms with Crippen molar-refractivity contribution in [1.29, 1.82) is 0 Å². The number of carbonyl (C=O) groups excluding carboxylic acids is 1. The molecule has 1 aromatic heterocycles. The summed E-state index contributed by atoms with van der Waals surface area (Å²) in [6, 6.07) is 8.49. The molecule has 0 unspecified atom stereocenters. The van der Waals surface area contributed by atoms with Gasteiger partial charge in [0.2, 0.25) is 0 Å². The Labute approximate surface area is 125 Å². The van der Waals surface area contributed by atoms with Crippen LogP contribution in [0.2, 0.25) is 0 Å². The maximum Gasteiger partial charge on any atom is 0.339 e. The lowest BCUT2D eigenvalue weighted by Gasteiger charge is -2.30. The number of nitrogens with zero attached hydrogens (tertiary/aromatic N) is 1. The first-order valence-electron chi connectivity index (χ1n) is 6.45. The molecule has 1 N–H and O–H groups in total. The number of aromatic carboxylic acids is 1. The molecule has 21 heavy (non-hydrogen) atoms. The summed E-state index contributed by atoms with van der Waals surface area (Å²) in [5.74, 6) is -0.925. The van der Waals surface area contributed by atoms with Crippen LogP contribution in [0.25, 0.3) is 0 Å². The molecule has 1 amide bonds. The van der Waals surface area contributed by atoms with Crippen LogP contribution in [-0.4, -0.2) is 30.1 Å². The Bertz CT molecular complexity index is 722. The minimum absolute atomic E-state index is 0.0763. The third kappa shape index (κ3) is 2.38. The van der Waals surface area contributed by atoms with Crippen LogP contribution < -0.4 is 9.64 Å². The fourth-order valence-corrected chi connectivity index (χ4v) is 3.13. The van der Waals surface area contributed by atoms with E-state index in [4.69, 9.17) is 4.74 Å². The van der Waals surface area contributed by atoms with Crippen molar-refractivity contribution in [3.05, 3.63) is 45.6 Å². The lowest BCUT2D eigenvalue weighted by atomic mass is 10.1. The van der Waals surface area contributed by atoms with Crippen molar-refractivity contribution < 1.29 is 19.4 Å². The zero-order valence-corrected chi connectivity index (χ0v) is 12.1. The van der Waals surface area contributed by atoms with Crippen LogP contribution >= 0.6 is 11.3 Å². The summed E-state index contributed by atoms with van der Waals surface area (Å²) in [6.07, 6.45) is 0. The van der Waals surface area contributed by atoms with Gasteiger partial charge in [-0.3, -0.25) is 4.79 Å². The van der Waals surface area contributed by atoms with Gasteiger partial charge in [0.1, 0.15) is 12.2 Å². The third-order valence-electron chi connectivity index (χ3n) is 3.27. The van der Waals surface area contributed by atoms with Crippen molar-refractivity contribution in [3.8, 4) is 5.75 Å².